The molecule has 1 aromatic carbocycles. The van der Waals surface area contributed by atoms with E-state index < -0.39 is 4.92 Å². The average Bonchev–Trinajstić information content (AvgIpc) is 3.04. The fourth-order valence-electron chi connectivity index (χ4n) is 2.19. The van der Waals surface area contributed by atoms with Gasteiger partial charge in [-0.2, -0.15) is 0 Å². The topological polar surface area (TPSA) is 88.0 Å². The number of aromatic nitrogens is 1. The van der Waals surface area contributed by atoms with Gasteiger partial charge in [0, 0.05) is 28.6 Å². The number of nitro benzene ring substituents is 1. The lowest BCUT2D eigenvalue weighted by molar-refractivity contribution is -0.384. The Hall–Kier alpha value is -2.37. The summed E-state index contributed by atoms with van der Waals surface area (Å²) in [4.78, 5) is 25.2. The highest BCUT2D eigenvalue weighted by atomic mass is 16.6. The van der Waals surface area contributed by atoms with Crippen LogP contribution in [-0.2, 0) is 11.3 Å². The van der Waals surface area contributed by atoms with Crippen molar-refractivity contribution in [2.45, 2.75) is 26.3 Å². The zero-order valence-electron chi connectivity index (χ0n) is 11.1. The molecule has 1 aromatic heterocycles. The highest BCUT2D eigenvalue weighted by molar-refractivity contribution is 5.85. The Balaban J connectivity index is 1.75. The minimum Gasteiger partial charge on any atom is -0.357 e. The van der Waals surface area contributed by atoms with Crippen molar-refractivity contribution in [1.82, 2.24) is 10.3 Å². The summed E-state index contributed by atoms with van der Waals surface area (Å²) < 4.78 is 0. The maximum atomic E-state index is 11.8. The lowest BCUT2D eigenvalue weighted by atomic mass is 10.1. The molecular formula is C14H15N3O3. The molecule has 0 aliphatic heterocycles. The second-order valence-electron chi connectivity index (χ2n) is 5.57. The van der Waals surface area contributed by atoms with Crippen LogP contribution in [0.2, 0.25) is 0 Å². The minimum absolute atomic E-state index is 0.0560. The van der Waals surface area contributed by atoms with E-state index in [-0.39, 0.29) is 17.0 Å². The number of amides is 1. The summed E-state index contributed by atoms with van der Waals surface area (Å²) in [6.45, 7) is 2.37. The van der Waals surface area contributed by atoms with Gasteiger partial charge in [-0.25, -0.2) is 0 Å². The Morgan fingerprint density at radius 2 is 2.20 bits per heavy atom. The van der Waals surface area contributed by atoms with Gasteiger partial charge >= 0.3 is 0 Å². The van der Waals surface area contributed by atoms with Gasteiger partial charge < -0.3 is 10.3 Å². The number of H-pyrrole nitrogens is 1. The van der Waals surface area contributed by atoms with Crippen molar-refractivity contribution in [3.63, 3.8) is 0 Å². The molecule has 1 heterocycles. The molecule has 0 bridgehead atoms. The number of benzene rings is 1. The van der Waals surface area contributed by atoms with Crippen LogP contribution in [0.4, 0.5) is 5.69 Å². The first kappa shape index (κ1) is 12.7. The first-order chi connectivity index (χ1) is 9.48. The van der Waals surface area contributed by atoms with E-state index in [1.165, 1.54) is 12.1 Å². The van der Waals surface area contributed by atoms with Crippen molar-refractivity contribution in [2.75, 3.05) is 0 Å². The van der Waals surface area contributed by atoms with E-state index in [9.17, 15) is 14.9 Å². The minimum atomic E-state index is -0.421. The van der Waals surface area contributed by atoms with Gasteiger partial charge in [-0.05, 0) is 25.0 Å². The number of hydrogen-bond acceptors (Lipinski definition) is 3. The summed E-state index contributed by atoms with van der Waals surface area (Å²) in [5.41, 5.74) is 1.42. The number of nitro groups is 1. The van der Waals surface area contributed by atoms with Crippen molar-refractivity contribution in [3.05, 3.63) is 40.1 Å². The molecule has 0 unspecified atom stereocenters. The Bertz CT molecular complexity index is 701. The summed E-state index contributed by atoms with van der Waals surface area (Å²) in [5, 5.41) is 14.5. The molecule has 6 nitrogen and oxygen atoms in total. The number of carbonyl (C=O) groups is 1. The van der Waals surface area contributed by atoms with E-state index in [2.05, 4.69) is 10.3 Å². The van der Waals surface area contributed by atoms with E-state index in [1.54, 1.807) is 6.07 Å². The molecule has 1 aliphatic rings. The van der Waals surface area contributed by atoms with Crippen molar-refractivity contribution in [1.29, 1.82) is 0 Å². The van der Waals surface area contributed by atoms with E-state index in [0.717, 1.165) is 23.9 Å². The van der Waals surface area contributed by atoms with Crippen LogP contribution in [0.15, 0.2) is 24.3 Å². The number of non-ortho nitro benzene ring substituents is 1. The number of hydrogen-bond donors (Lipinski definition) is 2. The van der Waals surface area contributed by atoms with Crippen LogP contribution in [0, 0.1) is 15.5 Å². The summed E-state index contributed by atoms with van der Waals surface area (Å²) >= 11 is 0. The first-order valence-corrected chi connectivity index (χ1v) is 6.52. The molecule has 3 rings (SSSR count). The predicted molar refractivity (Wildman–Crippen MR) is 74.1 cm³/mol. The predicted octanol–water partition coefficient (Wildman–Crippen LogP) is 2.49. The average molecular weight is 273 g/mol. The summed E-state index contributed by atoms with van der Waals surface area (Å²) in [6.07, 6.45) is 1.88. The molecule has 1 aliphatic carbocycles. The fourth-order valence-corrected chi connectivity index (χ4v) is 2.19. The molecule has 0 saturated heterocycles. The smallest absolute Gasteiger partial charge is 0.271 e. The van der Waals surface area contributed by atoms with Crippen molar-refractivity contribution in [3.8, 4) is 0 Å². The van der Waals surface area contributed by atoms with Crippen LogP contribution in [0.5, 0.6) is 0 Å². The molecule has 6 heteroatoms. The summed E-state index contributed by atoms with van der Waals surface area (Å²) in [5.74, 6) is 0.0714. The van der Waals surface area contributed by atoms with E-state index >= 15 is 0 Å². The number of fused-ring (bicyclic) bond motifs is 1. The normalized spacial score (nSPS) is 16.1. The molecule has 104 valence electrons. The quantitative estimate of drug-likeness (QED) is 0.662. The lowest BCUT2D eigenvalue weighted by Crippen LogP contribution is -2.29. The molecule has 2 aromatic rings. The zero-order chi connectivity index (χ0) is 14.3. The molecule has 1 saturated carbocycles. The van der Waals surface area contributed by atoms with E-state index in [0.29, 0.717) is 12.1 Å². The van der Waals surface area contributed by atoms with Crippen LogP contribution in [0.25, 0.3) is 10.9 Å². The monoisotopic (exact) mass is 273 g/mol. The van der Waals surface area contributed by atoms with Crippen LogP contribution in [0.1, 0.15) is 25.5 Å². The third kappa shape index (κ3) is 2.24. The van der Waals surface area contributed by atoms with E-state index in [1.807, 2.05) is 13.0 Å². The SMILES string of the molecule is CC1(C(=O)NCc2cc3ccc([N+](=O)[O-])cc3[nH]2)CC1. The maximum absolute atomic E-state index is 11.8. The first-order valence-electron chi connectivity index (χ1n) is 6.52. The van der Waals surface area contributed by atoms with Crippen LogP contribution < -0.4 is 5.32 Å². The number of aromatic amines is 1. The maximum Gasteiger partial charge on any atom is 0.271 e. The number of nitrogens with one attached hydrogen (secondary N) is 2. The van der Waals surface area contributed by atoms with Crippen molar-refractivity contribution < 1.29 is 9.72 Å². The second kappa shape index (κ2) is 4.33. The zero-order valence-corrected chi connectivity index (χ0v) is 11.1. The van der Waals surface area contributed by atoms with Gasteiger partial charge in [-0.15, -0.1) is 0 Å². The van der Waals surface area contributed by atoms with Gasteiger partial charge in [-0.1, -0.05) is 6.92 Å². The Morgan fingerprint density at radius 1 is 1.45 bits per heavy atom. The molecule has 0 atom stereocenters. The fraction of sp³-hybridized carbons (Fsp3) is 0.357. The summed E-state index contributed by atoms with van der Waals surface area (Å²) in [6, 6.07) is 6.58. The third-order valence-corrected chi connectivity index (χ3v) is 3.86. The lowest BCUT2D eigenvalue weighted by Gasteiger charge is -2.08. The van der Waals surface area contributed by atoms with Crippen LogP contribution in [-0.4, -0.2) is 15.8 Å². The van der Waals surface area contributed by atoms with Crippen molar-refractivity contribution >= 4 is 22.5 Å². The summed E-state index contributed by atoms with van der Waals surface area (Å²) in [7, 11) is 0. The second-order valence-corrected chi connectivity index (χ2v) is 5.57. The Labute approximate surface area is 115 Å². The molecular weight excluding hydrogens is 258 g/mol. The number of nitrogens with zero attached hydrogens (tertiary/aromatic N) is 1. The number of carbonyl (C=O) groups excluding carboxylic acids is 1. The van der Waals surface area contributed by atoms with Crippen LogP contribution in [0.3, 0.4) is 0 Å². The van der Waals surface area contributed by atoms with Crippen LogP contribution >= 0.6 is 0 Å². The Kier molecular flexibility index (Phi) is 2.74. The highest BCUT2D eigenvalue weighted by Gasteiger charge is 2.44. The molecule has 1 amide bonds. The molecule has 20 heavy (non-hydrogen) atoms. The molecule has 0 spiro atoms. The number of rotatable bonds is 4. The van der Waals surface area contributed by atoms with E-state index in [4.69, 9.17) is 0 Å². The van der Waals surface area contributed by atoms with Gasteiger partial charge in [0.1, 0.15) is 0 Å². The third-order valence-electron chi connectivity index (χ3n) is 3.86. The van der Waals surface area contributed by atoms with Gasteiger partial charge in [-0.3, -0.25) is 14.9 Å². The standard InChI is InChI=1S/C14H15N3O3/c1-14(4-5-14)13(18)15-8-10-6-9-2-3-11(17(19)20)7-12(9)16-10/h2-3,6-7,16H,4-5,8H2,1H3,(H,15,18). The van der Waals surface area contributed by atoms with Gasteiger partial charge in [0.05, 0.1) is 17.0 Å². The van der Waals surface area contributed by atoms with Gasteiger partial charge in [0.25, 0.3) is 5.69 Å². The largest absolute Gasteiger partial charge is 0.357 e. The molecule has 2 N–H and O–H groups in total. The van der Waals surface area contributed by atoms with Gasteiger partial charge in [0.2, 0.25) is 5.91 Å². The molecule has 1 fully saturated rings. The molecule has 0 radical (unpaired) electrons. The van der Waals surface area contributed by atoms with Gasteiger partial charge in [0.15, 0.2) is 0 Å². The van der Waals surface area contributed by atoms with Crippen molar-refractivity contribution in [2.24, 2.45) is 5.41 Å². The highest BCUT2D eigenvalue weighted by Crippen LogP contribution is 2.45. The Morgan fingerprint density at radius 3 is 2.85 bits per heavy atom.